The number of carboxylic acids is 1. The number of hydrogen-bond acceptors (Lipinski definition) is 2. The molecule has 1 N–H and O–H groups in total. The van der Waals surface area contributed by atoms with Gasteiger partial charge in [-0.05, 0) is 36.8 Å². The largest absolute Gasteiger partial charge is 0.478 e. The van der Waals surface area contributed by atoms with Crippen LogP contribution in [0.4, 0.5) is 0 Å². The maximum atomic E-state index is 10.6. The van der Waals surface area contributed by atoms with Crippen molar-refractivity contribution in [3.8, 4) is 5.69 Å². The van der Waals surface area contributed by atoms with Crippen LogP contribution in [0.15, 0.2) is 36.7 Å². The molecule has 92 valence electrons. The van der Waals surface area contributed by atoms with E-state index >= 15 is 0 Å². The minimum absolute atomic E-state index is 0.549. The topological polar surface area (TPSA) is 55.1 Å². The number of rotatable bonds is 3. The van der Waals surface area contributed by atoms with E-state index in [0.29, 0.717) is 10.6 Å². The monoisotopic (exact) mass is 262 g/mol. The zero-order chi connectivity index (χ0) is 13.1. The van der Waals surface area contributed by atoms with Gasteiger partial charge in [-0.15, -0.1) is 0 Å². The van der Waals surface area contributed by atoms with Gasteiger partial charge in [0.2, 0.25) is 0 Å². The van der Waals surface area contributed by atoms with Gasteiger partial charge in [-0.3, -0.25) is 0 Å². The van der Waals surface area contributed by atoms with E-state index in [9.17, 15) is 4.79 Å². The van der Waals surface area contributed by atoms with Crippen molar-refractivity contribution >= 4 is 23.6 Å². The average molecular weight is 263 g/mol. The summed E-state index contributed by atoms with van der Waals surface area (Å²) in [6.07, 6.45) is 6.17. The molecule has 1 aromatic heterocycles. The Morgan fingerprint density at radius 3 is 2.89 bits per heavy atom. The first kappa shape index (κ1) is 12.4. The van der Waals surface area contributed by atoms with Gasteiger partial charge >= 0.3 is 5.97 Å². The van der Waals surface area contributed by atoms with Gasteiger partial charge in [-0.1, -0.05) is 11.6 Å². The lowest BCUT2D eigenvalue weighted by Crippen LogP contribution is -1.97. The highest BCUT2D eigenvalue weighted by Crippen LogP contribution is 2.21. The van der Waals surface area contributed by atoms with Crippen LogP contribution in [0.3, 0.4) is 0 Å². The first-order valence-corrected chi connectivity index (χ1v) is 5.66. The predicted molar refractivity (Wildman–Crippen MR) is 70.0 cm³/mol. The molecule has 0 saturated carbocycles. The summed E-state index contributed by atoms with van der Waals surface area (Å²) in [7, 11) is 0. The normalized spacial score (nSPS) is 11.0. The Morgan fingerprint density at radius 2 is 2.28 bits per heavy atom. The average Bonchev–Trinajstić information content (AvgIpc) is 2.73. The molecule has 0 aliphatic rings. The highest BCUT2D eigenvalue weighted by Gasteiger charge is 2.05. The molecule has 0 aliphatic carbocycles. The van der Waals surface area contributed by atoms with Gasteiger partial charge in [0.25, 0.3) is 0 Å². The molecule has 0 fully saturated rings. The molecule has 0 atom stereocenters. The van der Waals surface area contributed by atoms with E-state index in [1.165, 1.54) is 6.08 Å². The molecule has 1 heterocycles. The molecule has 2 aromatic rings. The van der Waals surface area contributed by atoms with Crippen LogP contribution in [0.1, 0.15) is 11.1 Å². The Morgan fingerprint density at radius 1 is 1.50 bits per heavy atom. The fraction of sp³-hybridized carbons (Fsp3) is 0.0769. The van der Waals surface area contributed by atoms with Crippen LogP contribution in [-0.2, 0) is 4.79 Å². The molecule has 0 bridgehead atoms. The van der Waals surface area contributed by atoms with Crippen molar-refractivity contribution in [2.24, 2.45) is 0 Å². The van der Waals surface area contributed by atoms with E-state index in [1.807, 2.05) is 13.1 Å². The second-order valence-corrected chi connectivity index (χ2v) is 4.27. The molecule has 0 saturated heterocycles. The summed E-state index contributed by atoms with van der Waals surface area (Å²) in [4.78, 5) is 10.6. The predicted octanol–water partition coefficient (Wildman–Crippen LogP) is 2.93. The van der Waals surface area contributed by atoms with Crippen LogP contribution in [0.25, 0.3) is 11.8 Å². The molecule has 0 amide bonds. The number of aromatic nitrogens is 2. The first-order chi connectivity index (χ1) is 8.56. The van der Waals surface area contributed by atoms with Gasteiger partial charge < -0.3 is 5.11 Å². The summed E-state index contributed by atoms with van der Waals surface area (Å²) < 4.78 is 1.69. The van der Waals surface area contributed by atoms with Gasteiger partial charge in [0, 0.05) is 22.9 Å². The number of aliphatic carboxylic acids is 1. The minimum Gasteiger partial charge on any atom is -0.478 e. The summed E-state index contributed by atoms with van der Waals surface area (Å²) in [6, 6.07) is 5.25. The van der Waals surface area contributed by atoms with Crippen LogP contribution in [-0.4, -0.2) is 20.9 Å². The molecular weight excluding hydrogens is 252 g/mol. The second-order valence-electron chi connectivity index (χ2n) is 3.84. The standard InChI is InChI=1S/C13H11ClN2O2/c1-9-7-15-16(8-9)12-4-3-11(14)6-10(12)2-5-13(17)18/h2-8H,1H3,(H,17,18)/b5-2+. The maximum Gasteiger partial charge on any atom is 0.328 e. The van der Waals surface area contributed by atoms with Gasteiger partial charge in [-0.2, -0.15) is 5.10 Å². The third kappa shape index (κ3) is 2.78. The van der Waals surface area contributed by atoms with Crippen molar-refractivity contribution < 1.29 is 9.90 Å². The SMILES string of the molecule is Cc1cnn(-c2ccc(Cl)cc2/C=C/C(=O)O)c1. The lowest BCUT2D eigenvalue weighted by Gasteiger charge is -2.06. The quantitative estimate of drug-likeness (QED) is 0.866. The molecule has 4 nitrogen and oxygen atoms in total. The van der Waals surface area contributed by atoms with Crippen molar-refractivity contribution in [2.45, 2.75) is 6.92 Å². The number of halogens is 1. The van der Waals surface area contributed by atoms with Crippen LogP contribution in [0.2, 0.25) is 5.02 Å². The lowest BCUT2D eigenvalue weighted by molar-refractivity contribution is -0.131. The molecule has 0 radical (unpaired) electrons. The number of aryl methyl sites for hydroxylation is 1. The van der Waals surface area contributed by atoms with Crippen LogP contribution < -0.4 is 0 Å². The smallest absolute Gasteiger partial charge is 0.328 e. The highest BCUT2D eigenvalue weighted by atomic mass is 35.5. The third-order valence-corrected chi connectivity index (χ3v) is 2.59. The molecule has 2 rings (SSSR count). The molecule has 18 heavy (non-hydrogen) atoms. The molecule has 5 heteroatoms. The maximum absolute atomic E-state index is 10.6. The minimum atomic E-state index is -1.00. The van der Waals surface area contributed by atoms with E-state index in [4.69, 9.17) is 16.7 Å². The lowest BCUT2D eigenvalue weighted by atomic mass is 10.1. The number of nitrogens with zero attached hydrogens (tertiary/aromatic N) is 2. The Balaban J connectivity index is 2.50. The van der Waals surface area contributed by atoms with Gasteiger partial charge in [0.15, 0.2) is 0 Å². The first-order valence-electron chi connectivity index (χ1n) is 5.28. The van der Waals surface area contributed by atoms with Crippen LogP contribution in [0.5, 0.6) is 0 Å². The van der Waals surface area contributed by atoms with Gasteiger partial charge in [0.1, 0.15) is 0 Å². The number of carbonyl (C=O) groups is 1. The molecule has 1 aromatic carbocycles. The van der Waals surface area contributed by atoms with E-state index in [1.54, 1.807) is 29.1 Å². The fourth-order valence-electron chi connectivity index (χ4n) is 1.57. The van der Waals surface area contributed by atoms with Crippen molar-refractivity contribution in [1.82, 2.24) is 9.78 Å². The number of benzene rings is 1. The Hall–Kier alpha value is -2.07. The summed E-state index contributed by atoms with van der Waals surface area (Å²) in [6.45, 7) is 1.94. The zero-order valence-corrected chi connectivity index (χ0v) is 10.4. The van der Waals surface area contributed by atoms with Gasteiger partial charge in [-0.25, -0.2) is 9.48 Å². The third-order valence-electron chi connectivity index (χ3n) is 2.35. The van der Waals surface area contributed by atoms with Crippen molar-refractivity contribution in [3.63, 3.8) is 0 Å². The van der Waals surface area contributed by atoms with Gasteiger partial charge in [0.05, 0.1) is 11.9 Å². The molecule has 0 unspecified atom stereocenters. The number of hydrogen-bond donors (Lipinski definition) is 1. The van der Waals surface area contributed by atoms with E-state index in [-0.39, 0.29) is 0 Å². The number of carboxylic acid groups (broad SMARTS) is 1. The molecular formula is C13H11ClN2O2. The highest BCUT2D eigenvalue weighted by molar-refractivity contribution is 6.30. The Bertz CT molecular complexity index is 617. The fourth-order valence-corrected chi connectivity index (χ4v) is 1.75. The van der Waals surface area contributed by atoms with Crippen LogP contribution in [0, 0.1) is 6.92 Å². The summed E-state index contributed by atoms with van der Waals surface area (Å²) in [5.74, 6) is -1.00. The van der Waals surface area contributed by atoms with E-state index in [0.717, 1.165) is 17.3 Å². The summed E-state index contributed by atoms with van der Waals surface area (Å²) >= 11 is 5.91. The van der Waals surface area contributed by atoms with E-state index in [2.05, 4.69) is 5.10 Å². The van der Waals surface area contributed by atoms with Crippen molar-refractivity contribution in [1.29, 1.82) is 0 Å². The summed E-state index contributed by atoms with van der Waals surface area (Å²) in [5.41, 5.74) is 2.51. The Kier molecular flexibility index (Phi) is 3.48. The van der Waals surface area contributed by atoms with Crippen molar-refractivity contribution in [2.75, 3.05) is 0 Å². The van der Waals surface area contributed by atoms with Crippen LogP contribution >= 0.6 is 11.6 Å². The molecule has 0 spiro atoms. The van der Waals surface area contributed by atoms with Crippen molar-refractivity contribution in [3.05, 3.63) is 52.8 Å². The second kappa shape index (κ2) is 5.06. The van der Waals surface area contributed by atoms with E-state index < -0.39 is 5.97 Å². The molecule has 0 aliphatic heterocycles. The summed E-state index contributed by atoms with van der Waals surface area (Å²) in [5, 5.41) is 13.4. The Labute approximate surface area is 109 Å². The zero-order valence-electron chi connectivity index (χ0n) is 9.67.